The molecule has 0 aliphatic carbocycles. The maximum atomic E-state index is 12.6. The number of benzene rings is 1. The first kappa shape index (κ1) is 17.5. The molecule has 6 heteroatoms. The van der Waals surface area contributed by atoms with Crippen molar-refractivity contribution in [3.05, 3.63) is 35.4 Å². The zero-order chi connectivity index (χ0) is 15.5. The third-order valence-corrected chi connectivity index (χ3v) is 2.89. The van der Waals surface area contributed by atoms with Gasteiger partial charge in [0.15, 0.2) is 0 Å². The summed E-state index contributed by atoms with van der Waals surface area (Å²) >= 11 is 0. The van der Waals surface area contributed by atoms with Crippen molar-refractivity contribution in [3.63, 3.8) is 0 Å². The summed E-state index contributed by atoms with van der Waals surface area (Å²) in [5.74, 6) is 0. The number of unbranched alkanes of at least 4 members (excludes halogenated alkanes) is 1. The molecule has 0 radical (unpaired) electrons. The first-order chi connectivity index (χ1) is 10.2. The average Bonchev–Trinajstić information content (AvgIpc) is 2.50. The van der Waals surface area contributed by atoms with Gasteiger partial charge in [-0.15, -0.1) is 0 Å². The Morgan fingerprint density at radius 3 is 2.48 bits per heavy atom. The van der Waals surface area contributed by atoms with E-state index in [1.165, 1.54) is 12.1 Å². The van der Waals surface area contributed by atoms with E-state index in [0.717, 1.165) is 24.1 Å². The predicted octanol–water partition coefficient (Wildman–Crippen LogP) is 3.12. The van der Waals surface area contributed by atoms with E-state index in [2.05, 4.69) is 5.16 Å². The molecule has 4 nitrogen and oxygen atoms in total. The number of hydrogen-bond acceptors (Lipinski definition) is 4. The standard InChI is InChI=1S/C15H22F2N2O2/c1-20-10-3-2-4-14(19-21-11-9-18)12-5-7-13(8-6-12)15(16)17/h5-8,15H,2-4,9-11,18H2,1H3/b19-14-. The van der Waals surface area contributed by atoms with Crippen LogP contribution >= 0.6 is 0 Å². The zero-order valence-electron chi connectivity index (χ0n) is 12.2. The highest BCUT2D eigenvalue weighted by atomic mass is 19.3. The van der Waals surface area contributed by atoms with Gasteiger partial charge in [-0.25, -0.2) is 8.78 Å². The number of alkyl halides is 2. The topological polar surface area (TPSA) is 56.8 Å². The molecule has 0 bridgehead atoms. The van der Waals surface area contributed by atoms with Crippen LogP contribution in [0.4, 0.5) is 8.78 Å². The van der Waals surface area contributed by atoms with Crippen molar-refractivity contribution in [2.75, 3.05) is 26.9 Å². The Labute approximate surface area is 123 Å². The quantitative estimate of drug-likeness (QED) is 0.410. The summed E-state index contributed by atoms with van der Waals surface area (Å²) in [6.07, 6.45) is 0.0216. The van der Waals surface area contributed by atoms with Crippen molar-refractivity contribution in [2.24, 2.45) is 10.9 Å². The van der Waals surface area contributed by atoms with E-state index >= 15 is 0 Å². The Kier molecular flexibility index (Phi) is 8.54. The van der Waals surface area contributed by atoms with Crippen LogP contribution in [-0.2, 0) is 9.57 Å². The number of methoxy groups -OCH3 is 1. The van der Waals surface area contributed by atoms with Crippen LogP contribution in [0.2, 0.25) is 0 Å². The average molecular weight is 300 g/mol. The minimum Gasteiger partial charge on any atom is -0.394 e. The molecule has 1 aromatic carbocycles. The number of hydrogen-bond donors (Lipinski definition) is 1. The first-order valence-corrected chi connectivity index (χ1v) is 6.95. The lowest BCUT2D eigenvalue weighted by molar-refractivity contribution is 0.151. The molecule has 1 rings (SSSR count). The normalized spacial score (nSPS) is 12.0. The summed E-state index contributed by atoms with van der Waals surface area (Å²) in [5.41, 5.74) is 6.87. The Bertz CT molecular complexity index is 422. The minimum absolute atomic E-state index is 0.000333. The van der Waals surface area contributed by atoms with E-state index in [9.17, 15) is 8.78 Å². The van der Waals surface area contributed by atoms with Crippen LogP contribution in [0.25, 0.3) is 0 Å². The number of nitrogens with zero attached hydrogens (tertiary/aromatic N) is 1. The van der Waals surface area contributed by atoms with Crippen LogP contribution < -0.4 is 5.73 Å². The molecule has 118 valence electrons. The summed E-state index contributed by atoms with van der Waals surface area (Å²) in [4.78, 5) is 5.12. The molecular weight excluding hydrogens is 278 g/mol. The summed E-state index contributed by atoms with van der Waals surface area (Å²) in [7, 11) is 1.66. The number of ether oxygens (including phenoxy) is 1. The molecule has 0 saturated heterocycles. The number of halogens is 2. The summed E-state index contributed by atoms with van der Waals surface area (Å²) in [6.45, 7) is 1.39. The van der Waals surface area contributed by atoms with Crippen molar-refractivity contribution >= 4 is 5.71 Å². The third-order valence-electron chi connectivity index (χ3n) is 2.89. The highest BCUT2D eigenvalue weighted by Gasteiger charge is 2.09. The van der Waals surface area contributed by atoms with Crippen molar-refractivity contribution in [2.45, 2.75) is 25.7 Å². The van der Waals surface area contributed by atoms with Crippen LogP contribution in [0.3, 0.4) is 0 Å². The fraction of sp³-hybridized carbons (Fsp3) is 0.533. The van der Waals surface area contributed by atoms with Gasteiger partial charge in [0, 0.05) is 25.8 Å². The highest BCUT2D eigenvalue weighted by Crippen LogP contribution is 2.19. The van der Waals surface area contributed by atoms with Crippen molar-refractivity contribution < 1.29 is 18.4 Å². The van der Waals surface area contributed by atoms with Gasteiger partial charge < -0.3 is 15.3 Å². The van der Waals surface area contributed by atoms with Gasteiger partial charge in [-0.3, -0.25) is 0 Å². The number of nitrogens with two attached hydrogens (primary N) is 1. The molecule has 0 unspecified atom stereocenters. The monoisotopic (exact) mass is 300 g/mol. The van der Waals surface area contributed by atoms with Crippen LogP contribution in [-0.4, -0.2) is 32.6 Å². The van der Waals surface area contributed by atoms with E-state index in [1.54, 1.807) is 19.2 Å². The second-order valence-corrected chi connectivity index (χ2v) is 4.53. The van der Waals surface area contributed by atoms with Crippen LogP contribution in [0.15, 0.2) is 29.4 Å². The molecule has 0 aromatic heterocycles. The molecule has 0 saturated carbocycles. The lowest BCUT2D eigenvalue weighted by atomic mass is 10.0. The van der Waals surface area contributed by atoms with E-state index in [0.29, 0.717) is 26.2 Å². The zero-order valence-corrected chi connectivity index (χ0v) is 12.2. The highest BCUT2D eigenvalue weighted by molar-refractivity contribution is 6.00. The summed E-state index contributed by atoms with van der Waals surface area (Å²) in [6, 6.07) is 6.10. The minimum atomic E-state index is -2.46. The Morgan fingerprint density at radius 2 is 1.90 bits per heavy atom. The molecule has 0 heterocycles. The number of oxime groups is 1. The molecule has 0 atom stereocenters. The second-order valence-electron chi connectivity index (χ2n) is 4.53. The van der Waals surface area contributed by atoms with Gasteiger partial charge >= 0.3 is 0 Å². The van der Waals surface area contributed by atoms with E-state index < -0.39 is 6.43 Å². The van der Waals surface area contributed by atoms with Gasteiger partial charge in [-0.05, 0) is 24.8 Å². The van der Waals surface area contributed by atoms with Gasteiger partial charge in [0.05, 0.1) is 5.71 Å². The van der Waals surface area contributed by atoms with Gasteiger partial charge in [0.25, 0.3) is 6.43 Å². The lowest BCUT2D eigenvalue weighted by Crippen LogP contribution is -2.08. The first-order valence-electron chi connectivity index (χ1n) is 6.95. The smallest absolute Gasteiger partial charge is 0.263 e. The molecule has 0 fully saturated rings. The molecule has 0 amide bonds. The predicted molar refractivity (Wildman–Crippen MR) is 78.7 cm³/mol. The SMILES string of the molecule is COCCCC/C(=N/OCCN)c1ccc(C(F)F)cc1. The van der Waals surface area contributed by atoms with E-state index in [4.69, 9.17) is 15.3 Å². The maximum Gasteiger partial charge on any atom is 0.263 e. The van der Waals surface area contributed by atoms with Crippen LogP contribution in [0.5, 0.6) is 0 Å². The second kappa shape index (κ2) is 10.2. The Hall–Kier alpha value is -1.53. The molecule has 1 aromatic rings. The Morgan fingerprint density at radius 1 is 1.19 bits per heavy atom. The lowest BCUT2D eigenvalue weighted by Gasteiger charge is -2.08. The summed E-state index contributed by atoms with van der Waals surface area (Å²) in [5, 5.41) is 4.06. The van der Waals surface area contributed by atoms with Gasteiger partial charge in [-0.1, -0.05) is 29.4 Å². The van der Waals surface area contributed by atoms with Gasteiger partial charge in [0.1, 0.15) is 6.61 Å². The van der Waals surface area contributed by atoms with Gasteiger partial charge in [0.2, 0.25) is 0 Å². The van der Waals surface area contributed by atoms with Crippen molar-refractivity contribution in [3.8, 4) is 0 Å². The van der Waals surface area contributed by atoms with Crippen LogP contribution in [0.1, 0.15) is 36.8 Å². The van der Waals surface area contributed by atoms with Crippen LogP contribution in [0, 0.1) is 0 Å². The maximum absolute atomic E-state index is 12.6. The Balaban J connectivity index is 2.71. The van der Waals surface area contributed by atoms with E-state index in [-0.39, 0.29) is 5.56 Å². The molecule has 0 aliphatic heterocycles. The molecule has 2 N–H and O–H groups in total. The fourth-order valence-corrected chi connectivity index (χ4v) is 1.78. The number of rotatable bonds is 10. The van der Waals surface area contributed by atoms with Crippen molar-refractivity contribution in [1.29, 1.82) is 0 Å². The van der Waals surface area contributed by atoms with Gasteiger partial charge in [-0.2, -0.15) is 0 Å². The van der Waals surface area contributed by atoms with Crippen molar-refractivity contribution in [1.82, 2.24) is 0 Å². The molecular formula is C15H22F2N2O2. The summed E-state index contributed by atoms with van der Waals surface area (Å²) < 4.78 is 30.1. The molecule has 21 heavy (non-hydrogen) atoms. The third kappa shape index (κ3) is 6.64. The van der Waals surface area contributed by atoms with E-state index in [1.807, 2.05) is 0 Å². The largest absolute Gasteiger partial charge is 0.394 e. The molecule has 0 aliphatic rings. The fourth-order valence-electron chi connectivity index (χ4n) is 1.78. The molecule has 0 spiro atoms.